The largest absolute Gasteiger partial charge is 0.493 e. The van der Waals surface area contributed by atoms with Crippen molar-refractivity contribution in [3.05, 3.63) is 80.9 Å². The Morgan fingerprint density at radius 2 is 2.00 bits per heavy atom. The third kappa shape index (κ3) is 4.73. The van der Waals surface area contributed by atoms with Gasteiger partial charge in [-0.25, -0.2) is 0 Å². The maximum Gasteiger partial charge on any atom is 0.231 e. The molecule has 0 fully saturated rings. The van der Waals surface area contributed by atoms with Crippen molar-refractivity contribution in [1.29, 1.82) is 0 Å². The third-order valence-electron chi connectivity index (χ3n) is 7.25. The molecule has 3 aliphatic rings. The number of rotatable bonds is 6. The molecule has 0 saturated heterocycles. The predicted octanol–water partition coefficient (Wildman–Crippen LogP) is 4.48. The van der Waals surface area contributed by atoms with Gasteiger partial charge in [0.2, 0.25) is 6.79 Å². The van der Waals surface area contributed by atoms with Gasteiger partial charge in [0.1, 0.15) is 6.61 Å². The number of thiocarbonyl (C=S) groups is 1. The maximum atomic E-state index is 6.43. The van der Waals surface area contributed by atoms with Gasteiger partial charge in [0.15, 0.2) is 28.1 Å². The highest BCUT2D eigenvalue weighted by atomic mass is 35.5. The van der Waals surface area contributed by atoms with Crippen LogP contribution in [0.5, 0.6) is 23.0 Å². The van der Waals surface area contributed by atoms with Crippen LogP contribution in [0.4, 0.5) is 0 Å². The molecule has 6 rings (SSSR count). The number of hydrazone groups is 1. The number of methoxy groups -OCH3 is 1. The van der Waals surface area contributed by atoms with E-state index in [2.05, 4.69) is 27.6 Å². The van der Waals surface area contributed by atoms with Gasteiger partial charge in [0.25, 0.3) is 0 Å². The van der Waals surface area contributed by atoms with Gasteiger partial charge < -0.3 is 24.7 Å². The monoisotopic (exact) mass is 550 g/mol. The van der Waals surface area contributed by atoms with Crippen molar-refractivity contribution in [2.24, 2.45) is 10.8 Å². The van der Waals surface area contributed by atoms with Gasteiger partial charge in [-0.3, -0.25) is 10.3 Å². The summed E-state index contributed by atoms with van der Waals surface area (Å²) in [5.74, 6) is 3.02. The molecule has 38 heavy (non-hydrogen) atoms. The van der Waals surface area contributed by atoms with Crippen molar-refractivity contribution in [3.8, 4) is 23.0 Å². The van der Waals surface area contributed by atoms with Crippen LogP contribution in [0.3, 0.4) is 0 Å². The molecule has 1 atom stereocenters. The highest BCUT2D eigenvalue weighted by Crippen LogP contribution is 2.47. The lowest BCUT2D eigenvalue weighted by Crippen LogP contribution is -2.40. The summed E-state index contributed by atoms with van der Waals surface area (Å²) in [7, 11) is 1.65. The molecule has 3 aromatic carbocycles. The summed E-state index contributed by atoms with van der Waals surface area (Å²) < 4.78 is 23.6. The first-order valence-corrected chi connectivity index (χ1v) is 13.1. The Morgan fingerprint density at radius 1 is 1.21 bits per heavy atom. The maximum absolute atomic E-state index is 6.43. The minimum Gasteiger partial charge on any atom is -0.493 e. The van der Waals surface area contributed by atoms with E-state index in [1.54, 1.807) is 13.3 Å². The van der Waals surface area contributed by atoms with E-state index in [0.29, 0.717) is 23.9 Å². The van der Waals surface area contributed by atoms with E-state index in [1.165, 1.54) is 11.1 Å². The highest BCUT2D eigenvalue weighted by molar-refractivity contribution is 7.80. The van der Waals surface area contributed by atoms with Crippen LogP contribution in [-0.4, -0.2) is 36.7 Å². The Bertz CT molecular complexity index is 1430. The number of hydrogen-bond acceptors (Lipinski definition) is 7. The molecule has 3 aromatic rings. The second-order valence-corrected chi connectivity index (χ2v) is 10.3. The first-order chi connectivity index (χ1) is 18.5. The Labute approximate surface area is 231 Å². The van der Waals surface area contributed by atoms with Crippen LogP contribution >= 0.6 is 23.8 Å². The van der Waals surface area contributed by atoms with Gasteiger partial charge in [0, 0.05) is 35.3 Å². The summed E-state index contributed by atoms with van der Waals surface area (Å²) in [6.45, 7) is 2.30. The summed E-state index contributed by atoms with van der Waals surface area (Å²) in [6.07, 6.45) is 3.45. The van der Waals surface area contributed by atoms with Crippen LogP contribution in [0, 0.1) is 0 Å². The Hall–Kier alpha value is -3.53. The lowest BCUT2D eigenvalue weighted by Gasteiger charge is -2.42. The number of nitrogens with one attached hydrogen (secondary N) is 1. The van der Waals surface area contributed by atoms with Crippen LogP contribution in [0.2, 0.25) is 5.02 Å². The van der Waals surface area contributed by atoms with Crippen LogP contribution in [0.1, 0.15) is 39.4 Å². The standard InChI is InChI=1S/C28H27ClN4O4S/c1-34-26-9-18(12-31-32-28(30)38)20-10-23-21-11-25-24(36-15-37-25)8-17(21)6-7-33(23)13-22(20)27(26)35-14-16-2-4-19(29)5-3-16/h2-5,8-9,11-12,23H,6-7,10,13-15H2,1H3,(H3,30,32,38)/b31-12+. The van der Waals surface area contributed by atoms with Gasteiger partial charge in [-0.15, -0.1) is 0 Å². The van der Waals surface area contributed by atoms with Crippen LogP contribution in [-0.2, 0) is 26.0 Å². The predicted molar refractivity (Wildman–Crippen MR) is 149 cm³/mol. The average Bonchev–Trinajstić information content (AvgIpc) is 3.38. The zero-order chi connectivity index (χ0) is 26.2. The zero-order valence-corrected chi connectivity index (χ0v) is 22.4. The van der Waals surface area contributed by atoms with Gasteiger partial charge in [-0.1, -0.05) is 23.7 Å². The fourth-order valence-electron chi connectivity index (χ4n) is 5.46. The zero-order valence-electron chi connectivity index (χ0n) is 20.8. The van der Waals surface area contributed by atoms with E-state index in [9.17, 15) is 0 Å². The van der Waals surface area contributed by atoms with E-state index in [4.69, 9.17) is 48.5 Å². The summed E-state index contributed by atoms with van der Waals surface area (Å²) >= 11 is 11.0. The SMILES string of the molecule is COc1cc(/C=N/NC(N)=S)c2c(c1OCc1ccc(Cl)cc1)CN1CCc3cc4c(cc3C1C2)OCO4. The first kappa shape index (κ1) is 24.8. The number of benzene rings is 3. The molecule has 0 aromatic heterocycles. The Balaban J connectivity index is 1.40. The molecule has 0 radical (unpaired) electrons. The van der Waals surface area contributed by atoms with E-state index >= 15 is 0 Å². The summed E-state index contributed by atoms with van der Waals surface area (Å²) in [5.41, 5.74) is 15.0. The third-order valence-corrected chi connectivity index (χ3v) is 7.60. The fraction of sp³-hybridized carbons (Fsp3) is 0.286. The lowest BCUT2D eigenvalue weighted by molar-refractivity contribution is 0.155. The molecule has 0 amide bonds. The topological polar surface area (TPSA) is 90.6 Å². The molecule has 10 heteroatoms. The lowest BCUT2D eigenvalue weighted by atomic mass is 9.82. The van der Waals surface area contributed by atoms with E-state index < -0.39 is 0 Å². The fourth-order valence-corrected chi connectivity index (χ4v) is 5.64. The Morgan fingerprint density at radius 3 is 2.76 bits per heavy atom. The van der Waals surface area contributed by atoms with Crippen molar-refractivity contribution in [2.75, 3.05) is 20.4 Å². The number of fused-ring (bicyclic) bond motifs is 5. The number of nitrogens with two attached hydrogens (primary N) is 1. The minimum atomic E-state index is 0.105. The Kier molecular flexibility index (Phi) is 6.73. The van der Waals surface area contributed by atoms with Crippen LogP contribution < -0.4 is 30.1 Å². The quantitative estimate of drug-likeness (QED) is 0.264. The van der Waals surface area contributed by atoms with Crippen molar-refractivity contribution in [1.82, 2.24) is 10.3 Å². The summed E-state index contributed by atoms with van der Waals surface area (Å²) in [5, 5.41) is 5.05. The van der Waals surface area contributed by atoms with Crippen molar-refractivity contribution >= 4 is 35.1 Å². The van der Waals surface area contributed by atoms with Crippen molar-refractivity contribution in [2.45, 2.75) is 32.0 Å². The summed E-state index contributed by atoms with van der Waals surface area (Å²) in [4.78, 5) is 2.50. The van der Waals surface area contributed by atoms with Gasteiger partial charge >= 0.3 is 0 Å². The first-order valence-electron chi connectivity index (χ1n) is 12.3. The molecule has 0 aliphatic carbocycles. The van der Waals surface area contributed by atoms with E-state index in [0.717, 1.165) is 58.9 Å². The molecule has 3 N–H and O–H groups in total. The normalized spacial score (nSPS) is 17.5. The number of hydrogen-bond donors (Lipinski definition) is 2. The van der Waals surface area contributed by atoms with Crippen molar-refractivity contribution in [3.63, 3.8) is 0 Å². The molecular formula is C28H27ClN4O4S. The van der Waals surface area contributed by atoms with Crippen LogP contribution in [0.15, 0.2) is 47.6 Å². The molecule has 8 nitrogen and oxygen atoms in total. The van der Waals surface area contributed by atoms with E-state index in [1.807, 2.05) is 30.3 Å². The van der Waals surface area contributed by atoms with Gasteiger partial charge in [-0.2, -0.15) is 5.10 Å². The highest BCUT2D eigenvalue weighted by Gasteiger charge is 2.37. The minimum absolute atomic E-state index is 0.105. The van der Waals surface area contributed by atoms with E-state index in [-0.39, 0.29) is 17.9 Å². The average molecular weight is 551 g/mol. The van der Waals surface area contributed by atoms with Crippen molar-refractivity contribution < 1.29 is 18.9 Å². The second kappa shape index (κ2) is 10.3. The molecule has 0 spiro atoms. The van der Waals surface area contributed by atoms with Crippen LogP contribution in [0.25, 0.3) is 0 Å². The summed E-state index contributed by atoms with van der Waals surface area (Å²) in [6, 6.07) is 14.1. The van der Waals surface area contributed by atoms with Gasteiger partial charge in [-0.05, 0) is 77.6 Å². The second-order valence-electron chi connectivity index (χ2n) is 9.45. The number of ether oxygens (including phenoxy) is 4. The number of halogens is 1. The molecule has 3 aliphatic heterocycles. The smallest absolute Gasteiger partial charge is 0.231 e. The molecular weight excluding hydrogens is 524 g/mol. The molecule has 0 saturated carbocycles. The van der Waals surface area contributed by atoms with Gasteiger partial charge in [0.05, 0.1) is 13.3 Å². The molecule has 3 heterocycles. The molecule has 1 unspecified atom stereocenters. The molecule has 0 bridgehead atoms. The molecule has 196 valence electrons. The number of nitrogens with zero attached hydrogens (tertiary/aromatic N) is 2.